The molecule has 1 atom stereocenters. The Labute approximate surface area is 260 Å². The zero-order valence-corrected chi connectivity index (χ0v) is 28.1. The summed E-state index contributed by atoms with van der Waals surface area (Å²) in [4.78, 5) is 22.9. The van der Waals surface area contributed by atoms with Crippen LogP contribution in [0, 0.1) is 11.8 Å². The predicted octanol–water partition coefficient (Wildman–Crippen LogP) is 7.87. The summed E-state index contributed by atoms with van der Waals surface area (Å²) in [5, 5.41) is 18.2. The van der Waals surface area contributed by atoms with Gasteiger partial charge in [0.25, 0.3) is 0 Å². The van der Waals surface area contributed by atoms with Crippen LogP contribution in [0.4, 0.5) is 0 Å². The molecule has 246 valence electrons. The number of benzene rings is 2. The molecule has 0 saturated carbocycles. The maximum absolute atomic E-state index is 11.5. The lowest BCUT2D eigenvalue weighted by Crippen LogP contribution is -2.09. The van der Waals surface area contributed by atoms with Crippen LogP contribution in [0.3, 0.4) is 0 Å². The van der Waals surface area contributed by atoms with Crippen molar-refractivity contribution in [2.75, 3.05) is 26.9 Å². The van der Waals surface area contributed by atoms with E-state index in [-0.39, 0.29) is 42.6 Å². The van der Waals surface area contributed by atoms with E-state index in [0.29, 0.717) is 25.0 Å². The van der Waals surface area contributed by atoms with Crippen LogP contribution >= 0.6 is 0 Å². The van der Waals surface area contributed by atoms with Crippen LogP contribution in [-0.2, 0) is 41.4 Å². The molecule has 8 heteroatoms. The maximum atomic E-state index is 11.5. The molecule has 0 aliphatic rings. The first-order chi connectivity index (χ1) is 20.5. The molecule has 0 saturated heterocycles. The fourth-order valence-electron chi connectivity index (χ4n) is 3.32. The Hall–Kier alpha value is -3.10. The monoisotopic (exact) mass is 606 g/mol. The minimum Gasteiger partial charge on any atom is -0.508 e. The lowest BCUT2D eigenvalue weighted by atomic mass is 10.1. The maximum Gasteiger partial charge on any atom is 0.310 e. The van der Waals surface area contributed by atoms with Crippen LogP contribution in [-0.4, -0.2) is 55.4 Å². The van der Waals surface area contributed by atoms with Crippen molar-refractivity contribution in [3.8, 4) is 11.5 Å². The highest BCUT2D eigenvalue weighted by molar-refractivity contribution is 5.73. The van der Waals surface area contributed by atoms with Gasteiger partial charge in [0.2, 0.25) is 0 Å². The SMILES string of the molecule is CC.CC(C)CCCOC(=O)Cc1ccc(O)cc1.CC(C)CCCOC(=O)Cc1ccc(O)cc1.CCOC(C)OC. The summed E-state index contributed by atoms with van der Waals surface area (Å²) in [5.74, 6) is 1.29. The molecular formula is C35H58O8. The molecule has 1 unspecified atom stereocenters. The number of hydrogen-bond donors (Lipinski definition) is 2. The van der Waals surface area contributed by atoms with Crippen molar-refractivity contribution in [1.29, 1.82) is 0 Å². The van der Waals surface area contributed by atoms with Crippen molar-refractivity contribution in [2.45, 2.75) is 100 Å². The van der Waals surface area contributed by atoms with E-state index >= 15 is 0 Å². The summed E-state index contributed by atoms with van der Waals surface area (Å²) in [5.41, 5.74) is 1.72. The van der Waals surface area contributed by atoms with Gasteiger partial charge in [-0.05, 0) is 86.8 Å². The first-order valence-corrected chi connectivity index (χ1v) is 15.5. The molecule has 2 aromatic rings. The largest absolute Gasteiger partial charge is 0.508 e. The van der Waals surface area contributed by atoms with Gasteiger partial charge in [0.05, 0.1) is 26.1 Å². The van der Waals surface area contributed by atoms with Crippen LogP contribution in [0.25, 0.3) is 0 Å². The van der Waals surface area contributed by atoms with Gasteiger partial charge < -0.3 is 29.2 Å². The van der Waals surface area contributed by atoms with Crippen molar-refractivity contribution < 1.29 is 38.7 Å². The highest BCUT2D eigenvalue weighted by Crippen LogP contribution is 2.12. The van der Waals surface area contributed by atoms with Gasteiger partial charge in [-0.25, -0.2) is 0 Å². The molecule has 0 amide bonds. The molecule has 0 bridgehead atoms. The molecular weight excluding hydrogens is 548 g/mol. The minimum atomic E-state index is -0.209. The summed E-state index contributed by atoms with van der Waals surface area (Å²) in [6.07, 6.45) is 4.46. The quantitative estimate of drug-likeness (QED) is 0.120. The molecule has 2 N–H and O–H groups in total. The third-order valence-electron chi connectivity index (χ3n) is 5.68. The van der Waals surface area contributed by atoms with Crippen molar-refractivity contribution in [3.05, 3.63) is 59.7 Å². The molecule has 0 aliphatic carbocycles. The second-order valence-electron chi connectivity index (χ2n) is 10.5. The van der Waals surface area contributed by atoms with Gasteiger partial charge >= 0.3 is 11.9 Å². The van der Waals surface area contributed by atoms with E-state index in [0.717, 1.165) is 43.4 Å². The van der Waals surface area contributed by atoms with Crippen molar-refractivity contribution >= 4 is 11.9 Å². The molecule has 0 aliphatic heterocycles. The fraction of sp³-hybridized carbons (Fsp3) is 0.600. The summed E-state index contributed by atoms with van der Waals surface area (Å²) in [6, 6.07) is 13.2. The van der Waals surface area contributed by atoms with Gasteiger partial charge in [-0.3, -0.25) is 9.59 Å². The van der Waals surface area contributed by atoms with Crippen molar-refractivity contribution in [3.63, 3.8) is 0 Å². The van der Waals surface area contributed by atoms with E-state index in [1.165, 1.54) is 0 Å². The van der Waals surface area contributed by atoms with E-state index < -0.39 is 0 Å². The van der Waals surface area contributed by atoms with E-state index in [9.17, 15) is 9.59 Å². The second-order valence-corrected chi connectivity index (χ2v) is 10.5. The van der Waals surface area contributed by atoms with Gasteiger partial charge in [0, 0.05) is 13.7 Å². The van der Waals surface area contributed by atoms with Crippen LogP contribution in [0.2, 0.25) is 0 Å². The number of carbonyl (C=O) groups is 2. The Kier molecular flexibility index (Phi) is 27.1. The van der Waals surface area contributed by atoms with Gasteiger partial charge in [0.15, 0.2) is 6.29 Å². The summed E-state index contributed by atoms with van der Waals surface area (Å²) in [7, 11) is 1.63. The number of ether oxygens (including phenoxy) is 4. The van der Waals surface area contributed by atoms with E-state index in [1.807, 2.05) is 27.7 Å². The van der Waals surface area contributed by atoms with E-state index in [4.69, 9.17) is 29.2 Å². The van der Waals surface area contributed by atoms with Crippen LogP contribution < -0.4 is 0 Å². The highest BCUT2D eigenvalue weighted by atomic mass is 16.7. The third-order valence-corrected chi connectivity index (χ3v) is 5.68. The fourth-order valence-corrected chi connectivity index (χ4v) is 3.32. The van der Waals surface area contributed by atoms with E-state index in [1.54, 1.807) is 55.6 Å². The Morgan fingerprint density at radius 2 is 1.02 bits per heavy atom. The lowest BCUT2D eigenvalue weighted by Gasteiger charge is -2.06. The van der Waals surface area contributed by atoms with E-state index in [2.05, 4.69) is 27.7 Å². The minimum absolute atomic E-state index is 0.0509. The molecule has 8 nitrogen and oxygen atoms in total. The van der Waals surface area contributed by atoms with Crippen molar-refractivity contribution in [1.82, 2.24) is 0 Å². The van der Waals surface area contributed by atoms with Gasteiger partial charge in [-0.15, -0.1) is 0 Å². The van der Waals surface area contributed by atoms with Gasteiger partial charge in [-0.1, -0.05) is 65.8 Å². The highest BCUT2D eigenvalue weighted by Gasteiger charge is 2.06. The zero-order valence-electron chi connectivity index (χ0n) is 28.1. The smallest absolute Gasteiger partial charge is 0.310 e. The standard InChI is InChI=1S/2C14H20O3.C5H12O2.C2H6/c2*1-11(2)4-3-9-17-14(16)10-12-5-7-13(15)8-6-12;1-4-7-5(2)6-3;1-2/h2*5-8,11,15H,3-4,9-10H2,1-2H3;5H,4H2,1-3H3;1-2H3. The number of esters is 2. The molecule has 0 aromatic heterocycles. The normalized spacial score (nSPS) is 10.8. The summed E-state index contributed by atoms with van der Waals surface area (Å²) in [6.45, 7) is 18.1. The molecule has 43 heavy (non-hydrogen) atoms. The summed E-state index contributed by atoms with van der Waals surface area (Å²) >= 11 is 0. The lowest BCUT2D eigenvalue weighted by molar-refractivity contribution is -0.143. The first kappa shape index (κ1) is 42.0. The van der Waals surface area contributed by atoms with Crippen molar-refractivity contribution in [2.24, 2.45) is 11.8 Å². The Bertz CT molecular complexity index is 852. The number of hydrogen-bond acceptors (Lipinski definition) is 8. The third kappa shape index (κ3) is 27.5. The van der Waals surface area contributed by atoms with Gasteiger partial charge in [0.1, 0.15) is 11.5 Å². The number of phenolic OH excluding ortho intramolecular Hbond substituents is 2. The molecule has 0 radical (unpaired) electrons. The molecule has 2 aromatic carbocycles. The number of methoxy groups -OCH3 is 1. The number of phenols is 2. The van der Waals surface area contributed by atoms with Gasteiger partial charge in [-0.2, -0.15) is 0 Å². The molecule has 0 fully saturated rings. The molecule has 0 spiro atoms. The predicted molar refractivity (Wildman–Crippen MR) is 173 cm³/mol. The second kappa shape index (κ2) is 27.7. The number of carbonyl (C=O) groups excluding carboxylic acids is 2. The Morgan fingerprint density at radius 3 is 1.28 bits per heavy atom. The number of rotatable bonds is 15. The average molecular weight is 607 g/mol. The average Bonchev–Trinajstić information content (AvgIpc) is 2.97. The zero-order chi connectivity index (χ0) is 33.0. The molecule has 2 rings (SSSR count). The van der Waals surface area contributed by atoms with Crippen LogP contribution in [0.1, 0.15) is 92.2 Å². The van der Waals surface area contributed by atoms with Crippen LogP contribution in [0.5, 0.6) is 11.5 Å². The van der Waals surface area contributed by atoms with Crippen LogP contribution in [0.15, 0.2) is 48.5 Å². The molecule has 0 heterocycles. The topological polar surface area (TPSA) is 112 Å². The summed E-state index contributed by atoms with van der Waals surface area (Å²) < 4.78 is 20.0. The Morgan fingerprint density at radius 1 is 0.674 bits per heavy atom. The Balaban J connectivity index is 0. The first-order valence-electron chi connectivity index (χ1n) is 15.5. The number of aromatic hydroxyl groups is 2.